The molecule has 0 aliphatic carbocycles. The summed E-state index contributed by atoms with van der Waals surface area (Å²) in [4.78, 5) is 25.2. The first-order chi connectivity index (χ1) is 9.56. The fourth-order valence-electron chi connectivity index (χ4n) is 1.83. The van der Waals surface area contributed by atoms with Gasteiger partial charge in [0.05, 0.1) is 25.4 Å². The average Bonchev–Trinajstić information content (AvgIpc) is 2.92. The number of carbonyl (C=O) groups excluding carboxylic acids is 2. The quantitative estimate of drug-likeness (QED) is 0.743. The van der Waals surface area contributed by atoms with Crippen LogP contribution in [0.25, 0.3) is 0 Å². The van der Waals surface area contributed by atoms with Crippen molar-refractivity contribution in [3.8, 4) is 0 Å². The topological polar surface area (TPSA) is 74.6 Å². The fraction of sp³-hybridized carbons (Fsp3) is 0.571. The van der Waals surface area contributed by atoms with Crippen LogP contribution in [-0.4, -0.2) is 42.9 Å². The molecule has 0 fully saturated rings. The predicted octanol–water partition coefficient (Wildman–Crippen LogP) is 0.915. The molecule has 112 valence electrons. The molecule has 1 rings (SSSR count). The number of furan rings is 1. The molecule has 0 bridgehead atoms. The van der Waals surface area contributed by atoms with Gasteiger partial charge in [-0.3, -0.25) is 14.5 Å². The van der Waals surface area contributed by atoms with Crippen LogP contribution in [0.2, 0.25) is 0 Å². The lowest BCUT2D eigenvalue weighted by atomic mass is 10.2. The van der Waals surface area contributed by atoms with Crippen LogP contribution in [0.5, 0.6) is 0 Å². The van der Waals surface area contributed by atoms with Gasteiger partial charge < -0.3 is 15.1 Å². The Kier molecular flexibility index (Phi) is 6.79. The SMILES string of the molecule is CCNC(=O)CN(CC)CC(=O)NC(C)c1ccco1. The number of likely N-dealkylation sites (N-methyl/N-ethyl adjacent to an activating group) is 2. The van der Waals surface area contributed by atoms with E-state index in [1.54, 1.807) is 17.2 Å². The highest BCUT2D eigenvalue weighted by atomic mass is 16.3. The van der Waals surface area contributed by atoms with Gasteiger partial charge in [0.15, 0.2) is 0 Å². The molecule has 0 aliphatic heterocycles. The second-order valence-corrected chi connectivity index (χ2v) is 4.56. The Bertz CT molecular complexity index is 417. The van der Waals surface area contributed by atoms with E-state index < -0.39 is 0 Å². The minimum Gasteiger partial charge on any atom is -0.467 e. The molecule has 0 saturated heterocycles. The molecule has 0 spiro atoms. The molecular formula is C14H23N3O3. The molecule has 1 heterocycles. The first kappa shape index (κ1) is 16.2. The Hall–Kier alpha value is -1.82. The molecule has 0 aliphatic rings. The zero-order valence-electron chi connectivity index (χ0n) is 12.3. The first-order valence-corrected chi connectivity index (χ1v) is 6.88. The average molecular weight is 281 g/mol. The van der Waals surface area contributed by atoms with E-state index in [-0.39, 0.29) is 30.9 Å². The summed E-state index contributed by atoms with van der Waals surface area (Å²) in [5.41, 5.74) is 0. The number of nitrogens with one attached hydrogen (secondary N) is 2. The molecule has 0 saturated carbocycles. The molecule has 20 heavy (non-hydrogen) atoms. The number of amides is 2. The van der Waals surface area contributed by atoms with E-state index in [2.05, 4.69) is 10.6 Å². The monoisotopic (exact) mass is 281 g/mol. The van der Waals surface area contributed by atoms with Gasteiger partial charge in [-0.2, -0.15) is 0 Å². The smallest absolute Gasteiger partial charge is 0.234 e. The Morgan fingerprint density at radius 1 is 1.30 bits per heavy atom. The number of hydrogen-bond donors (Lipinski definition) is 2. The summed E-state index contributed by atoms with van der Waals surface area (Å²) in [5.74, 6) is 0.520. The predicted molar refractivity (Wildman–Crippen MR) is 76.1 cm³/mol. The van der Waals surface area contributed by atoms with Gasteiger partial charge in [0, 0.05) is 6.54 Å². The van der Waals surface area contributed by atoms with E-state index in [4.69, 9.17) is 4.42 Å². The van der Waals surface area contributed by atoms with Gasteiger partial charge >= 0.3 is 0 Å². The fourth-order valence-corrected chi connectivity index (χ4v) is 1.83. The van der Waals surface area contributed by atoms with E-state index in [1.165, 1.54) is 0 Å². The van der Waals surface area contributed by atoms with Gasteiger partial charge in [0.1, 0.15) is 5.76 Å². The third-order valence-electron chi connectivity index (χ3n) is 2.90. The summed E-state index contributed by atoms with van der Waals surface area (Å²) in [6.45, 7) is 7.30. The van der Waals surface area contributed by atoms with Gasteiger partial charge in [-0.1, -0.05) is 6.92 Å². The maximum Gasteiger partial charge on any atom is 0.234 e. The van der Waals surface area contributed by atoms with Gasteiger partial charge in [-0.15, -0.1) is 0 Å². The molecule has 6 heteroatoms. The summed E-state index contributed by atoms with van der Waals surface area (Å²) in [6, 6.07) is 3.42. The standard InChI is InChI=1S/C14H23N3O3/c1-4-15-13(18)9-17(5-2)10-14(19)16-11(3)12-7-6-8-20-12/h6-8,11H,4-5,9-10H2,1-3H3,(H,15,18)(H,16,19). The second kappa shape index (κ2) is 8.37. The van der Waals surface area contributed by atoms with Crippen LogP contribution in [0.3, 0.4) is 0 Å². The van der Waals surface area contributed by atoms with Crippen LogP contribution in [0.4, 0.5) is 0 Å². The minimum absolute atomic E-state index is 0.0683. The van der Waals surface area contributed by atoms with Crippen LogP contribution in [0.1, 0.15) is 32.6 Å². The normalized spacial score (nSPS) is 12.2. The van der Waals surface area contributed by atoms with Crippen molar-refractivity contribution >= 4 is 11.8 Å². The Morgan fingerprint density at radius 3 is 2.55 bits per heavy atom. The van der Waals surface area contributed by atoms with Crippen LogP contribution in [0.15, 0.2) is 22.8 Å². The maximum absolute atomic E-state index is 11.9. The maximum atomic E-state index is 11.9. The van der Waals surface area contributed by atoms with Crippen LogP contribution in [-0.2, 0) is 9.59 Å². The lowest BCUT2D eigenvalue weighted by molar-refractivity contribution is -0.125. The summed E-state index contributed by atoms with van der Waals surface area (Å²) < 4.78 is 5.23. The summed E-state index contributed by atoms with van der Waals surface area (Å²) >= 11 is 0. The second-order valence-electron chi connectivity index (χ2n) is 4.56. The van der Waals surface area contributed by atoms with Crippen LogP contribution < -0.4 is 10.6 Å². The zero-order chi connectivity index (χ0) is 15.0. The van der Waals surface area contributed by atoms with Crippen molar-refractivity contribution in [2.75, 3.05) is 26.2 Å². The molecule has 2 N–H and O–H groups in total. The minimum atomic E-state index is -0.180. The van der Waals surface area contributed by atoms with Crippen molar-refractivity contribution in [3.05, 3.63) is 24.2 Å². The lowest BCUT2D eigenvalue weighted by Crippen LogP contribution is -2.43. The molecule has 2 amide bonds. The molecule has 1 unspecified atom stereocenters. The summed E-state index contributed by atoms with van der Waals surface area (Å²) in [5, 5.41) is 5.57. The molecular weight excluding hydrogens is 258 g/mol. The van der Waals surface area contributed by atoms with Gasteiger partial charge in [0.25, 0.3) is 0 Å². The van der Waals surface area contributed by atoms with Crippen molar-refractivity contribution in [2.24, 2.45) is 0 Å². The van der Waals surface area contributed by atoms with Crippen molar-refractivity contribution in [3.63, 3.8) is 0 Å². The van der Waals surface area contributed by atoms with Crippen LogP contribution >= 0.6 is 0 Å². The third kappa shape index (κ3) is 5.44. The van der Waals surface area contributed by atoms with Crippen molar-refractivity contribution < 1.29 is 14.0 Å². The van der Waals surface area contributed by atoms with E-state index in [0.29, 0.717) is 18.8 Å². The van der Waals surface area contributed by atoms with Gasteiger partial charge in [0.2, 0.25) is 11.8 Å². The first-order valence-electron chi connectivity index (χ1n) is 6.88. The number of hydrogen-bond acceptors (Lipinski definition) is 4. The molecule has 1 aromatic heterocycles. The number of rotatable bonds is 8. The van der Waals surface area contributed by atoms with E-state index in [9.17, 15) is 9.59 Å². The van der Waals surface area contributed by atoms with Crippen molar-refractivity contribution in [1.29, 1.82) is 0 Å². The molecule has 6 nitrogen and oxygen atoms in total. The summed E-state index contributed by atoms with van der Waals surface area (Å²) in [7, 11) is 0. The van der Waals surface area contributed by atoms with Gasteiger partial charge in [-0.05, 0) is 32.5 Å². The third-order valence-corrected chi connectivity index (χ3v) is 2.90. The van der Waals surface area contributed by atoms with E-state index >= 15 is 0 Å². The molecule has 0 aromatic carbocycles. The number of carbonyl (C=O) groups is 2. The van der Waals surface area contributed by atoms with Gasteiger partial charge in [-0.25, -0.2) is 0 Å². The zero-order valence-corrected chi connectivity index (χ0v) is 12.3. The highest BCUT2D eigenvalue weighted by molar-refractivity contribution is 5.81. The highest BCUT2D eigenvalue weighted by Crippen LogP contribution is 2.11. The Morgan fingerprint density at radius 2 is 2.00 bits per heavy atom. The highest BCUT2D eigenvalue weighted by Gasteiger charge is 2.16. The Labute approximate surface area is 119 Å². The molecule has 0 radical (unpaired) electrons. The lowest BCUT2D eigenvalue weighted by Gasteiger charge is -2.20. The van der Waals surface area contributed by atoms with E-state index in [0.717, 1.165) is 0 Å². The molecule has 1 aromatic rings. The Balaban J connectivity index is 2.41. The molecule has 1 atom stereocenters. The van der Waals surface area contributed by atoms with E-state index in [1.807, 2.05) is 26.8 Å². The number of nitrogens with zero attached hydrogens (tertiary/aromatic N) is 1. The summed E-state index contributed by atoms with van der Waals surface area (Å²) in [6.07, 6.45) is 1.57. The van der Waals surface area contributed by atoms with Crippen molar-refractivity contribution in [2.45, 2.75) is 26.8 Å². The largest absolute Gasteiger partial charge is 0.467 e. The van der Waals surface area contributed by atoms with Crippen molar-refractivity contribution in [1.82, 2.24) is 15.5 Å². The van der Waals surface area contributed by atoms with Crippen LogP contribution in [0, 0.1) is 0 Å².